The molecule has 1 heterocycles. The Morgan fingerprint density at radius 3 is 2.84 bits per heavy atom. The van der Waals surface area contributed by atoms with Crippen LogP contribution < -0.4 is 0 Å². The second-order valence-electron chi connectivity index (χ2n) is 5.19. The molecule has 1 aromatic heterocycles. The Morgan fingerprint density at radius 2 is 2.26 bits per heavy atom. The highest BCUT2D eigenvalue weighted by atomic mass is 79.9. The lowest BCUT2D eigenvalue weighted by atomic mass is 9.58. The average Bonchev–Trinajstić information content (AvgIpc) is 2.76. The Morgan fingerprint density at radius 1 is 1.47 bits per heavy atom. The van der Waals surface area contributed by atoms with Crippen molar-refractivity contribution in [1.29, 1.82) is 5.26 Å². The predicted octanol–water partition coefficient (Wildman–Crippen LogP) is 3.40. The zero-order valence-corrected chi connectivity index (χ0v) is 12.3. The molecule has 0 radical (unpaired) electrons. The van der Waals surface area contributed by atoms with Gasteiger partial charge < -0.3 is 4.57 Å². The molecule has 0 bridgehead atoms. The SMILES string of the molecule is Cn1ccnc1[C@]1(c2cccc(Br)c2)C[C@@H](C#N)C1. The van der Waals surface area contributed by atoms with Crippen molar-refractivity contribution < 1.29 is 0 Å². The van der Waals surface area contributed by atoms with Crippen molar-refractivity contribution >= 4 is 15.9 Å². The molecule has 3 rings (SSSR count). The molecule has 0 spiro atoms. The number of aryl methyl sites for hydroxylation is 1. The van der Waals surface area contributed by atoms with Crippen molar-refractivity contribution in [2.24, 2.45) is 13.0 Å². The molecular formula is C15H14BrN3. The van der Waals surface area contributed by atoms with Crippen LogP contribution in [0.5, 0.6) is 0 Å². The number of imidazole rings is 1. The molecule has 1 aliphatic carbocycles. The zero-order chi connectivity index (χ0) is 13.5. The van der Waals surface area contributed by atoms with Crippen molar-refractivity contribution in [3.8, 4) is 6.07 Å². The molecule has 3 nitrogen and oxygen atoms in total. The largest absolute Gasteiger partial charge is 0.337 e. The number of aromatic nitrogens is 2. The highest BCUT2D eigenvalue weighted by Gasteiger charge is 2.49. The van der Waals surface area contributed by atoms with Gasteiger partial charge >= 0.3 is 0 Å². The number of hydrogen-bond acceptors (Lipinski definition) is 2. The molecule has 4 heteroatoms. The predicted molar refractivity (Wildman–Crippen MR) is 76.5 cm³/mol. The van der Waals surface area contributed by atoms with Crippen LogP contribution in [-0.2, 0) is 12.5 Å². The molecule has 96 valence electrons. The fourth-order valence-corrected chi connectivity index (χ4v) is 3.43. The van der Waals surface area contributed by atoms with Crippen LogP contribution in [-0.4, -0.2) is 9.55 Å². The van der Waals surface area contributed by atoms with Crippen molar-refractivity contribution in [1.82, 2.24) is 9.55 Å². The summed E-state index contributed by atoms with van der Waals surface area (Å²) in [7, 11) is 2.02. The molecule has 0 N–H and O–H groups in total. The average molecular weight is 316 g/mol. The summed E-state index contributed by atoms with van der Waals surface area (Å²) in [6.07, 6.45) is 5.50. The van der Waals surface area contributed by atoms with Crippen molar-refractivity contribution in [2.75, 3.05) is 0 Å². The zero-order valence-electron chi connectivity index (χ0n) is 10.7. The van der Waals surface area contributed by atoms with E-state index < -0.39 is 0 Å². The fourth-order valence-electron chi connectivity index (χ4n) is 3.03. The third-order valence-corrected chi connectivity index (χ3v) is 4.49. The van der Waals surface area contributed by atoms with Crippen LogP contribution in [0.15, 0.2) is 41.1 Å². The van der Waals surface area contributed by atoms with Gasteiger partial charge in [-0.1, -0.05) is 28.1 Å². The molecule has 1 aromatic carbocycles. The van der Waals surface area contributed by atoms with E-state index in [1.54, 1.807) is 0 Å². The summed E-state index contributed by atoms with van der Waals surface area (Å²) < 4.78 is 3.13. The van der Waals surface area contributed by atoms with Gasteiger partial charge in [0, 0.05) is 29.8 Å². The van der Waals surface area contributed by atoms with Crippen LogP contribution in [0, 0.1) is 17.2 Å². The van der Waals surface area contributed by atoms with E-state index in [1.807, 2.05) is 31.6 Å². The first-order valence-corrected chi connectivity index (χ1v) is 7.08. The first kappa shape index (κ1) is 12.4. The van der Waals surface area contributed by atoms with Gasteiger partial charge in [0.05, 0.1) is 11.5 Å². The van der Waals surface area contributed by atoms with E-state index in [2.05, 4.69) is 43.7 Å². The van der Waals surface area contributed by atoms with Gasteiger partial charge in [-0.25, -0.2) is 4.98 Å². The highest BCUT2D eigenvalue weighted by molar-refractivity contribution is 9.10. The Balaban J connectivity index is 2.10. The third-order valence-electron chi connectivity index (χ3n) is 4.00. The van der Waals surface area contributed by atoms with E-state index in [0.717, 1.165) is 23.1 Å². The summed E-state index contributed by atoms with van der Waals surface area (Å²) in [6.45, 7) is 0. The van der Waals surface area contributed by atoms with E-state index >= 15 is 0 Å². The summed E-state index contributed by atoms with van der Waals surface area (Å²) in [6, 6.07) is 10.7. The number of halogens is 1. The van der Waals surface area contributed by atoms with Gasteiger partial charge in [0.2, 0.25) is 0 Å². The van der Waals surface area contributed by atoms with Gasteiger partial charge in [0.25, 0.3) is 0 Å². The Hall–Kier alpha value is -1.60. The van der Waals surface area contributed by atoms with Gasteiger partial charge in [-0.3, -0.25) is 0 Å². The molecular weight excluding hydrogens is 302 g/mol. The van der Waals surface area contributed by atoms with Gasteiger partial charge in [0.1, 0.15) is 5.82 Å². The van der Waals surface area contributed by atoms with E-state index in [-0.39, 0.29) is 11.3 Å². The minimum absolute atomic E-state index is 0.109. The van der Waals surface area contributed by atoms with Crippen molar-refractivity contribution in [2.45, 2.75) is 18.3 Å². The smallest absolute Gasteiger partial charge is 0.119 e. The Bertz CT molecular complexity index is 647. The van der Waals surface area contributed by atoms with Gasteiger partial charge in [-0.15, -0.1) is 0 Å². The maximum atomic E-state index is 9.10. The molecule has 0 amide bonds. The van der Waals surface area contributed by atoms with Gasteiger partial charge in [0.15, 0.2) is 0 Å². The normalized spacial score (nSPS) is 25.6. The van der Waals surface area contributed by atoms with Gasteiger partial charge in [-0.05, 0) is 30.5 Å². The molecule has 2 aromatic rings. The monoisotopic (exact) mass is 315 g/mol. The van der Waals surface area contributed by atoms with E-state index in [1.165, 1.54) is 5.56 Å². The summed E-state index contributed by atoms with van der Waals surface area (Å²) in [5.74, 6) is 1.19. The molecule has 1 saturated carbocycles. The van der Waals surface area contributed by atoms with Crippen LogP contribution in [0.1, 0.15) is 24.2 Å². The molecule has 1 aliphatic rings. The number of nitriles is 1. The van der Waals surface area contributed by atoms with Crippen LogP contribution in [0.3, 0.4) is 0 Å². The topological polar surface area (TPSA) is 41.6 Å². The quantitative estimate of drug-likeness (QED) is 0.852. The Labute approximate surface area is 121 Å². The maximum absolute atomic E-state index is 9.10. The van der Waals surface area contributed by atoms with Crippen molar-refractivity contribution in [3.63, 3.8) is 0 Å². The van der Waals surface area contributed by atoms with Crippen LogP contribution in [0.2, 0.25) is 0 Å². The maximum Gasteiger partial charge on any atom is 0.119 e. The van der Waals surface area contributed by atoms with E-state index in [0.29, 0.717) is 0 Å². The molecule has 0 aliphatic heterocycles. The number of rotatable bonds is 2. The summed E-state index contributed by atoms with van der Waals surface area (Å²) in [4.78, 5) is 4.52. The summed E-state index contributed by atoms with van der Waals surface area (Å²) in [5.41, 5.74) is 1.13. The lowest BCUT2D eigenvalue weighted by Crippen LogP contribution is -2.43. The fraction of sp³-hybridized carbons (Fsp3) is 0.333. The molecule has 19 heavy (non-hydrogen) atoms. The third kappa shape index (κ3) is 1.89. The van der Waals surface area contributed by atoms with Crippen LogP contribution in [0.25, 0.3) is 0 Å². The van der Waals surface area contributed by atoms with Crippen LogP contribution >= 0.6 is 15.9 Å². The highest BCUT2D eigenvalue weighted by Crippen LogP contribution is 2.51. The second-order valence-corrected chi connectivity index (χ2v) is 6.10. The minimum atomic E-state index is -0.109. The lowest BCUT2D eigenvalue weighted by molar-refractivity contribution is 0.216. The number of benzene rings is 1. The molecule has 0 saturated heterocycles. The number of nitrogens with zero attached hydrogens (tertiary/aromatic N) is 3. The number of hydrogen-bond donors (Lipinski definition) is 0. The molecule has 1 fully saturated rings. The van der Waals surface area contributed by atoms with E-state index in [4.69, 9.17) is 5.26 Å². The first-order valence-electron chi connectivity index (χ1n) is 6.29. The second kappa shape index (κ2) is 4.50. The lowest BCUT2D eigenvalue weighted by Gasteiger charge is -2.44. The first-order chi connectivity index (χ1) is 9.15. The van der Waals surface area contributed by atoms with E-state index in [9.17, 15) is 0 Å². The summed E-state index contributed by atoms with van der Waals surface area (Å²) in [5, 5.41) is 9.10. The van der Waals surface area contributed by atoms with Crippen LogP contribution in [0.4, 0.5) is 0 Å². The van der Waals surface area contributed by atoms with Crippen molar-refractivity contribution in [3.05, 3.63) is 52.5 Å². The standard InChI is InChI=1S/C15H14BrN3/c1-19-6-5-18-14(19)15(8-11(9-15)10-17)12-3-2-4-13(16)7-12/h2-7,11H,8-9H2,1H3/t11-,15-. The minimum Gasteiger partial charge on any atom is -0.337 e. The molecule has 0 atom stereocenters. The Kier molecular flexibility index (Phi) is 2.94. The van der Waals surface area contributed by atoms with Gasteiger partial charge in [-0.2, -0.15) is 5.26 Å². The molecule has 0 unspecified atom stereocenters. The summed E-state index contributed by atoms with van der Waals surface area (Å²) >= 11 is 3.53.